The van der Waals surface area contributed by atoms with Gasteiger partial charge in [0.15, 0.2) is 0 Å². The molecule has 2 aromatic heterocycles. The lowest BCUT2D eigenvalue weighted by molar-refractivity contribution is 0.0957. The predicted octanol–water partition coefficient (Wildman–Crippen LogP) is 2.54. The van der Waals surface area contributed by atoms with Crippen LogP contribution >= 0.6 is 22.9 Å². The molecule has 5 nitrogen and oxygen atoms in total. The van der Waals surface area contributed by atoms with Gasteiger partial charge in [-0.2, -0.15) is 5.10 Å². The van der Waals surface area contributed by atoms with E-state index in [9.17, 15) is 9.18 Å². The molecule has 1 aromatic carbocycles. The van der Waals surface area contributed by atoms with Crippen molar-refractivity contribution in [2.45, 2.75) is 6.54 Å². The van der Waals surface area contributed by atoms with Crippen molar-refractivity contribution in [3.63, 3.8) is 0 Å². The Morgan fingerprint density at radius 3 is 3.00 bits per heavy atom. The van der Waals surface area contributed by atoms with Crippen LogP contribution in [0.25, 0.3) is 10.1 Å². The molecule has 3 aromatic rings. The van der Waals surface area contributed by atoms with Crippen LogP contribution in [-0.2, 0) is 6.54 Å². The van der Waals surface area contributed by atoms with Gasteiger partial charge in [-0.1, -0.05) is 17.7 Å². The van der Waals surface area contributed by atoms with E-state index in [0.717, 1.165) is 0 Å². The van der Waals surface area contributed by atoms with Crippen LogP contribution in [0.3, 0.4) is 0 Å². The summed E-state index contributed by atoms with van der Waals surface area (Å²) in [6, 6.07) is 4.72. The SMILES string of the molecule is NNC(=O)c1sc2cccc(F)c2c1Cn1cc(Cl)cn1. The third kappa shape index (κ3) is 2.51. The Labute approximate surface area is 128 Å². The van der Waals surface area contributed by atoms with E-state index >= 15 is 0 Å². The lowest BCUT2D eigenvalue weighted by atomic mass is 10.1. The summed E-state index contributed by atoms with van der Waals surface area (Å²) in [5.41, 5.74) is 2.62. The first-order chi connectivity index (χ1) is 10.1. The Morgan fingerprint density at radius 1 is 1.52 bits per heavy atom. The first-order valence-corrected chi connectivity index (χ1v) is 7.18. The van der Waals surface area contributed by atoms with E-state index in [4.69, 9.17) is 17.4 Å². The van der Waals surface area contributed by atoms with Gasteiger partial charge in [0.1, 0.15) is 5.82 Å². The minimum atomic E-state index is -0.455. The largest absolute Gasteiger partial charge is 0.289 e. The lowest BCUT2D eigenvalue weighted by Crippen LogP contribution is -2.30. The molecule has 2 heterocycles. The number of nitrogens with zero attached hydrogens (tertiary/aromatic N) is 2. The molecule has 0 saturated heterocycles. The van der Waals surface area contributed by atoms with Crippen molar-refractivity contribution in [2.24, 2.45) is 5.84 Å². The molecule has 0 bridgehead atoms. The number of hydrogen-bond donors (Lipinski definition) is 2. The minimum absolute atomic E-state index is 0.233. The molecule has 0 atom stereocenters. The normalized spacial score (nSPS) is 11.0. The summed E-state index contributed by atoms with van der Waals surface area (Å²) in [6.07, 6.45) is 3.09. The average Bonchev–Trinajstić information content (AvgIpc) is 3.03. The van der Waals surface area contributed by atoms with E-state index < -0.39 is 5.91 Å². The van der Waals surface area contributed by atoms with Crippen molar-refractivity contribution in [2.75, 3.05) is 0 Å². The maximum Gasteiger partial charge on any atom is 0.275 e. The number of hydrazine groups is 1. The van der Waals surface area contributed by atoms with E-state index in [1.54, 1.807) is 23.0 Å². The first-order valence-electron chi connectivity index (χ1n) is 5.99. The van der Waals surface area contributed by atoms with Crippen LogP contribution in [0.1, 0.15) is 15.2 Å². The number of hydrogen-bond acceptors (Lipinski definition) is 4. The van der Waals surface area contributed by atoms with Crippen molar-refractivity contribution >= 4 is 38.9 Å². The second kappa shape index (κ2) is 5.44. The second-order valence-electron chi connectivity index (χ2n) is 4.35. The molecule has 0 aliphatic carbocycles. The van der Waals surface area contributed by atoms with Gasteiger partial charge in [0.2, 0.25) is 0 Å². The fraction of sp³-hybridized carbons (Fsp3) is 0.0769. The zero-order valence-corrected chi connectivity index (χ0v) is 12.2. The maximum atomic E-state index is 14.1. The number of amides is 1. The number of benzene rings is 1. The van der Waals surface area contributed by atoms with E-state index in [2.05, 4.69) is 10.5 Å². The Morgan fingerprint density at radius 2 is 2.33 bits per heavy atom. The number of halogens is 2. The highest BCUT2D eigenvalue weighted by molar-refractivity contribution is 7.21. The van der Waals surface area contributed by atoms with Gasteiger partial charge in [-0.25, -0.2) is 10.2 Å². The van der Waals surface area contributed by atoms with Crippen LogP contribution in [0.15, 0.2) is 30.6 Å². The number of nitrogen functional groups attached to an aromatic ring is 1. The van der Waals surface area contributed by atoms with Crippen LogP contribution in [-0.4, -0.2) is 15.7 Å². The van der Waals surface area contributed by atoms with Crippen LogP contribution in [0.5, 0.6) is 0 Å². The molecule has 21 heavy (non-hydrogen) atoms. The molecule has 0 spiro atoms. The minimum Gasteiger partial charge on any atom is -0.289 e. The lowest BCUT2D eigenvalue weighted by Gasteiger charge is -2.05. The Kier molecular flexibility index (Phi) is 3.62. The molecule has 0 aliphatic heterocycles. The van der Waals surface area contributed by atoms with Gasteiger partial charge in [0, 0.05) is 21.8 Å². The van der Waals surface area contributed by atoms with Crippen LogP contribution in [0.4, 0.5) is 4.39 Å². The number of thiophene rings is 1. The summed E-state index contributed by atoms with van der Waals surface area (Å²) in [5, 5.41) is 4.94. The molecule has 0 saturated carbocycles. The molecule has 108 valence electrons. The molecule has 0 fully saturated rings. The number of nitrogens with two attached hydrogens (primary N) is 1. The van der Waals surface area contributed by atoms with E-state index in [0.29, 0.717) is 25.5 Å². The number of aromatic nitrogens is 2. The standard InChI is InChI=1S/C13H10ClFN4OS/c14-7-4-17-19(5-7)6-8-11-9(15)2-1-3-10(11)21-12(8)13(20)18-16/h1-5H,6,16H2,(H,18,20). The maximum absolute atomic E-state index is 14.1. The van der Waals surface area contributed by atoms with E-state index in [1.165, 1.54) is 23.6 Å². The fourth-order valence-electron chi connectivity index (χ4n) is 2.15. The summed E-state index contributed by atoms with van der Waals surface area (Å²) in [4.78, 5) is 12.3. The van der Waals surface area contributed by atoms with Crippen LogP contribution in [0.2, 0.25) is 5.02 Å². The topological polar surface area (TPSA) is 72.9 Å². The van der Waals surface area contributed by atoms with Crippen molar-refractivity contribution in [3.05, 3.63) is 51.9 Å². The third-order valence-corrected chi connectivity index (χ3v) is 4.41. The Balaban J connectivity index is 2.19. The number of fused-ring (bicyclic) bond motifs is 1. The summed E-state index contributed by atoms with van der Waals surface area (Å²) >= 11 is 7.02. The zero-order chi connectivity index (χ0) is 15.0. The van der Waals surface area contributed by atoms with Gasteiger partial charge in [-0.3, -0.25) is 14.9 Å². The van der Waals surface area contributed by atoms with Crippen LogP contribution < -0.4 is 11.3 Å². The van der Waals surface area contributed by atoms with Gasteiger partial charge < -0.3 is 0 Å². The van der Waals surface area contributed by atoms with Crippen molar-refractivity contribution in [1.29, 1.82) is 0 Å². The van der Waals surface area contributed by atoms with Gasteiger partial charge in [0.25, 0.3) is 5.91 Å². The predicted molar refractivity (Wildman–Crippen MR) is 79.8 cm³/mol. The number of carbonyl (C=O) groups is 1. The highest BCUT2D eigenvalue weighted by atomic mass is 35.5. The number of rotatable bonds is 3. The smallest absolute Gasteiger partial charge is 0.275 e. The third-order valence-electron chi connectivity index (χ3n) is 3.02. The average molecular weight is 325 g/mol. The van der Waals surface area contributed by atoms with Gasteiger partial charge in [-0.05, 0) is 12.1 Å². The van der Waals surface area contributed by atoms with Gasteiger partial charge in [-0.15, -0.1) is 11.3 Å². The van der Waals surface area contributed by atoms with Gasteiger partial charge in [0.05, 0.1) is 22.6 Å². The molecule has 3 N–H and O–H groups in total. The molecule has 0 aliphatic rings. The second-order valence-corrected chi connectivity index (χ2v) is 5.84. The van der Waals surface area contributed by atoms with E-state index in [-0.39, 0.29) is 12.4 Å². The molecule has 3 rings (SSSR count). The molecular weight excluding hydrogens is 315 g/mol. The monoisotopic (exact) mass is 324 g/mol. The van der Waals surface area contributed by atoms with Gasteiger partial charge >= 0.3 is 0 Å². The highest BCUT2D eigenvalue weighted by Gasteiger charge is 2.20. The summed E-state index contributed by atoms with van der Waals surface area (Å²) < 4.78 is 16.4. The summed E-state index contributed by atoms with van der Waals surface area (Å²) in [6.45, 7) is 0.233. The van der Waals surface area contributed by atoms with Crippen molar-refractivity contribution < 1.29 is 9.18 Å². The zero-order valence-electron chi connectivity index (χ0n) is 10.6. The molecular formula is C13H10ClFN4OS. The number of nitrogens with one attached hydrogen (secondary N) is 1. The molecule has 0 radical (unpaired) electrons. The quantitative estimate of drug-likeness (QED) is 0.442. The Bertz CT molecular complexity index is 829. The summed E-state index contributed by atoms with van der Waals surface area (Å²) in [5.74, 6) is 4.36. The molecule has 8 heteroatoms. The molecule has 0 unspecified atom stereocenters. The van der Waals surface area contributed by atoms with Crippen molar-refractivity contribution in [1.82, 2.24) is 15.2 Å². The van der Waals surface area contributed by atoms with Crippen LogP contribution in [0, 0.1) is 5.82 Å². The summed E-state index contributed by atoms with van der Waals surface area (Å²) in [7, 11) is 0. The highest BCUT2D eigenvalue weighted by Crippen LogP contribution is 2.33. The molecule has 1 amide bonds. The number of carbonyl (C=O) groups excluding carboxylic acids is 1. The first kappa shape index (κ1) is 14.0. The van der Waals surface area contributed by atoms with Crippen molar-refractivity contribution in [3.8, 4) is 0 Å². The van der Waals surface area contributed by atoms with E-state index in [1.807, 2.05) is 0 Å². The fourth-order valence-corrected chi connectivity index (χ4v) is 3.44. The Hall–Kier alpha value is -1.96.